The molecule has 1 atom stereocenters. The summed E-state index contributed by atoms with van der Waals surface area (Å²) in [6.45, 7) is 5.98. The molecule has 6 heteroatoms. The highest BCUT2D eigenvalue weighted by Crippen LogP contribution is 2.24. The molecule has 0 aromatic rings. The van der Waals surface area contributed by atoms with E-state index in [-0.39, 0.29) is 23.5 Å². The lowest BCUT2D eigenvalue weighted by molar-refractivity contribution is -0.134. The van der Waals surface area contributed by atoms with Crippen molar-refractivity contribution in [2.45, 2.75) is 37.6 Å². The molecule has 0 aromatic heterocycles. The summed E-state index contributed by atoms with van der Waals surface area (Å²) in [4.78, 5) is 13.7. The summed E-state index contributed by atoms with van der Waals surface area (Å²) < 4.78 is 22.1. The molecule has 1 unspecified atom stereocenters. The molecule has 1 fully saturated rings. The highest BCUT2D eigenvalue weighted by molar-refractivity contribution is 9.10. The topological polar surface area (TPSA) is 54.5 Å². The maximum atomic E-state index is 12.1. The minimum absolute atomic E-state index is 0.0444. The first-order chi connectivity index (χ1) is 7.17. The standard InChI is InChI=1S/C10H18BrNO3S/c1-4-12(9(13)10(2,3)11)8-5-6-16(14,15)7-8/h8H,4-7H2,1-3H3. The Morgan fingerprint density at radius 1 is 1.50 bits per heavy atom. The van der Waals surface area contributed by atoms with Crippen LogP contribution in [-0.2, 0) is 14.6 Å². The van der Waals surface area contributed by atoms with Crippen molar-refractivity contribution in [3.05, 3.63) is 0 Å². The Morgan fingerprint density at radius 3 is 2.38 bits per heavy atom. The lowest BCUT2D eigenvalue weighted by Gasteiger charge is -2.31. The molecule has 0 N–H and O–H groups in total. The number of amides is 1. The van der Waals surface area contributed by atoms with Gasteiger partial charge in [-0.05, 0) is 27.2 Å². The zero-order valence-electron chi connectivity index (χ0n) is 9.86. The van der Waals surface area contributed by atoms with E-state index in [9.17, 15) is 13.2 Å². The van der Waals surface area contributed by atoms with Crippen LogP contribution in [0.5, 0.6) is 0 Å². The minimum atomic E-state index is -2.94. The lowest BCUT2D eigenvalue weighted by atomic mass is 10.1. The van der Waals surface area contributed by atoms with Crippen LogP contribution in [0.15, 0.2) is 0 Å². The molecule has 94 valence electrons. The Hall–Kier alpha value is -0.100. The monoisotopic (exact) mass is 311 g/mol. The van der Waals surface area contributed by atoms with Gasteiger partial charge in [-0.3, -0.25) is 4.79 Å². The second kappa shape index (κ2) is 4.64. The van der Waals surface area contributed by atoms with Crippen molar-refractivity contribution in [3.8, 4) is 0 Å². The van der Waals surface area contributed by atoms with Crippen LogP contribution < -0.4 is 0 Å². The number of alkyl halides is 1. The molecule has 0 bridgehead atoms. The predicted octanol–water partition coefficient (Wildman–Crippen LogP) is 1.20. The van der Waals surface area contributed by atoms with Crippen molar-refractivity contribution in [1.82, 2.24) is 4.90 Å². The molecule has 1 rings (SSSR count). The second-order valence-corrected chi connectivity index (χ2v) is 8.83. The Bertz CT molecular complexity index is 372. The number of nitrogens with zero attached hydrogens (tertiary/aromatic N) is 1. The van der Waals surface area contributed by atoms with Crippen LogP contribution in [-0.4, -0.2) is 47.6 Å². The number of halogens is 1. The van der Waals surface area contributed by atoms with Crippen molar-refractivity contribution in [3.63, 3.8) is 0 Å². The fourth-order valence-electron chi connectivity index (χ4n) is 1.93. The van der Waals surface area contributed by atoms with Gasteiger partial charge in [0, 0.05) is 12.6 Å². The number of rotatable bonds is 3. The first kappa shape index (κ1) is 14.0. The van der Waals surface area contributed by atoms with Crippen LogP contribution >= 0.6 is 15.9 Å². The fraction of sp³-hybridized carbons (Fsp3) is 0.900. The van der Waals surface area contributed by atoms with Crippen molar-refractivity contribution >= 4 is 31.7 Å². The summed E-state index contributed by atoms with van der Waals surface area (Å²) in [5.74, 6) is 0.261. The van der Waals surface area contributed by atoms with Gasteiger partial charge < -0.3 is 4.90 Å². The van der Waals surface area contributed by atoms with Crippen molar-refractivity contribution in [1.29, 1.82) is 0 Å². The van der Waals surface area contributed by atoms with Crippen LogP contribution in [0.4, 0.5) is 0 Å². The summed E-state index contributed by atoms with van der Waals surface area (Å²) in [6.07, 6.45) is 0.561. The molecule has 1 heterocycles. The summed E-state index contributed by atoms with van der Waals surface area (Å²) in [5, 5.41) is 0. The van der Waals surface area contributed by atoms with Gasteiger partial charge in [-0.2, -0.15) is 0 Å². The molecule has 1 amide bonds. The summed E-state index contributed by atoms with van der Waals surface area (Å²) in [5.41, 5.74) is 0. The maximum absolute atomic E-state index is 12.1. The second-order valence-electron chi connectivity index (χ2n) is 4.62. The summed E-state index contributed by atoms with van der Waals surface area (Å²) >= 11 is 3.32. The molecule has 0 radical (unpaired) electrons. The van der Waals surface area contributed by atoms with Gasteiger partial charge in [0.2, 0.25) is 5.91 Å². The number of sulfone groups is 1. The quantitative estimate of drug-likeness (QED) is 0.736. The predicted molar refractivity (Wildman–Crippen MR) is 67.5 cm³/mol. The molecule has 0 saturated carbocycles. The van der Waals surface area contributed by atoms with Crippen molar-refractivity contribution < 1.29 is 13.2 Å². The van der Waals surface area contributed by atoms with Gasteiger partial charge in [-0.25, -0.2) is 8.42 Å². The van der Waals surface area contributed by atoms with Gasteiger partial charge in [0.1, 0.15) is 0 Å². The maximum Gasteiger partial charge on any atom is 0.239 e. The van der Waals surface area contributed by atoms with Gasteiger partial charge in [0.15, 0.2) is 9.84 Å². The van der Waals surface area contributed by atoms with Gasteiger partial charge in [0.05, 0.1) is 15.8 Å². The lowest BCUT2D eigenvalue weighted by Crippen LogP contribution is -2.47. The van der Waals surface area contributed by atoms with Gasteiger partial charge in [-0.15, -0.1) is 0 Å². The van der Waals surface area contributed by atoms with Crippen LogP contribution in [0, 0.1) is 0 Å². The largest absolute Gasteiger partial charge is 0.338 e. The van der Waals surface area contributed by atoms with E-state index in [0.717, 1.165) is 0 Å². The van der Waals surface area contributed by atoms with Crippen LogP contribution in [0.2, 0.25) is 0 Å². The number of hydrogen-bond donors (Lipinski definition) is 0. The third-order valence-electron chi connectivity index (χ3n) is 2.76. The molecule has 1 aliphatic rings. The van der Waals surface area contributed by atoms with E-state index in [2.05, 4.69) is 15.9 Å². The van der Waals surface area contributed by atoms with Gasteiger partial charge in [0.25, 0.3) is 0 Å². The Labute approximate surface area is 105 Å². The zero-order valence-corrected chi connectivity index (χ0v) is 12.3. The zero-order chi connectivity index (χ0) is 12.6. The van der Waals surface area contributed by atoms with Gasteiger partial charge in [-0.1, -0.05) is 15.9 Å². The number of carbonyl (C=O) groups is 1. The van der Waals surface area contributed by atoms with E-state index in [1.807, 2.05) is 6.92 Å². The van der Waals surface area contributed by atoms with Crippen LogP contribution in [0.25, 0.3) is 0 Å². The molecular weight excluding hydrogens is 294 g/mol. The van der Waals surface area contributed by atoms with Crippen LogP contribution in [0.3, 0.4) is 0 Å². The van der Waals surface area contributed by atoms with Gasteiger partial charge >= 0.3 is 0 Å². The Kier molecular flexibility index (Phi) is 4.05. The minimum Gasteiger partial charge on any atom is -0.338 e. The van der Waals surface area contributed by atoms with E-state index in [0.29, 0.717) is 13.0 Å². The molecule has 1 aliphatic heterocycles. The molecule has 16 heavy (non-hydrogen) atoms. The summed E-state index contributed by atoms with van der Waals surface area (Å²) in [7, 11) is -2.94. The van der Waals surface area contributed by atoms with E-state index in [4.69, 9.17) is 0 Å². The average Bonchev–Trinajstić information content (AvgIpc) is 2.46. The number of carbonyl (C=O) groups excluding carboxylic acids is 1. The Balaban J connectivity index is 2.81. The Morgan fingerprint density at radius 2 is 2.06 bits per heavy atom. The smallest absolute Gasteiger partial charge is 0.239 e. The van der Waals surface area contributed by atoms with Crippen molar-refractivity contribution in [2.24, 2.45) is 0 Å². The molecule has 1 saturated heterocycles. The molecule has 0 aliphatic carbocycles. The number of hydrogen-bond acceptors (Lipinski definition) is 3. The fourth-order valence-corrected chi connectivity index (χ4v) is 3.89. The van der Waals surface area contributed by atoms with E-state index in [1.165, 1.54) is 0 Å². The molecule has 0 spiro atoms. The third kappa shape index (κ3) is 3.20. The first-order valence-corrected chi connectivity index (χ1v) is 7.99. The van der Waals surface area contributed by atoms with E-state index >= 15 is 0 Å². The normalized spacial score (nSPS) is 24.4. The van der Waals surface area contributed by atoms with Crippen LogP contribution in [0.1, 0.15) is 27.2 Å². The molecule has 4 nitrogen and oxygen atoms in total. The van der Waals surface area contributed by atoms with E-state index < -0.39 is 14.2 Å². The average molecular weight is 312 g/mol. The SMILES string of the molecule is CCN(C(=O)C(C)(C)Br)C1CCS(=O)(=O)C1. The highest BCUT2D eigenvalue weighted by Gasteiger charge is 2.38. The molecule has 0 aromatic carbocycles. The highest BCUT2D eigenvalue weighted by atomic mass is 79.9. The first-order valence-electron chi connectivity index (χ1n) is 5.38. The van der Waals surface area contributed by atoms with E-state index in [1.54, 1.807) is 18.7 Å². The summed E-state index contributed by atoms with van der Waals surface area (Å²) in [6, 6.07) is -0.153. The third-order valence-corrected chi connectivity index (χ3v) is 4.85. The molecular formula is C10H18BrNO3S. The van der Waals surface area contributed by atoms with Crippen molar-refractivity contribution in [2.75, 3.05) is 18.1 Å².